The summed E-state index contributed by atoms with van der Waals surface area (Å²) in [5, 5.41) is 6.37. The van der Waals surface area contributed by atoms with Crippen molar-refractivity contribution in [2.75, 3.05) is 6.54 Å². The van der Waals surface area contributed by atoms with Crippen LogP contribution in [0.5, 0.6) is 0 Å². The minimum absolute atomic E-state index is 0.292. The highest BCUT2D eigenvalue weighted by Crippen LogP contribution is 2.35. The average Bonchev–Trinajstić information content (AvgIpc) is 3.14. The summed E-state index contributed by atoms with van der Waals surface area (Å²) < 4.78 is 0. The summed E-state index contributed by atoms with van der Waals surface area (Å²) >= 11 is 3.53. The highest BCUT2D eigenvalue weighted by Gasteiger charge is 2.29. The number of amides is 1. The van der Waals surface area contributed by atoms with Crippen LogP contribution in [0.3, 0.4) is 0 Å². The van der Waals surface area contributed by atoms with E-state index in [0.29, 0.717) is 18.4 Å². The zero-order valence-corrected chi connectivity index (χ0v) is 13.3. The molecule has 0 fully saturated rings. The zero-order valence-electron chi connectivity index (χ0n) is 11.7. The molecule has 2 aromatic heterocycles. The van der Waals surface area contributed by atoms with Gasteiger partial charge in [-0.25, -0.2) is 0 Å². The van der Waals surface area contributed by atoms with Crippen LogP contribution >= 0.6 is 22.7 Å². The van der Waals surface area contributed by atoms with Gasteiger partial charge in [-0.15, -0.1) is 11.3 Å². The van der Waals surface area contributed by atoms with Gasteiger partial charge in [-0.1, -0.05) is 6.92 Å². The largest absolute Gasteiger partial charge is 0.335 e. The number of aryl methyl sites for hydroxylation is 1. The molecule has 0 aromatic carbocycles. The van der Waals surface area contributed by atoms with E-state index in [1.54, 1.807) is 11.3 Å². The minimum Gasteiger partial charge on any atom is -0.335 e. The molecule has 4 heteroatoms. The normalized spacial score (nSPS) is 18.1. The van der Waals surface area contributed by atoms with Crippen LogP contribution in [0, 0.1) is 0 Å². The van der Waals surface area contributed by atoms with Gasteiger partial charge in [-0.05, 0) is 58.7 Å². The molecule has 0 saturated heterocycles. The van der Waals surface area contributed by atoms with Gasteiger partial charge < -0.3 is 4.90 Å². The summed E-state index contributed by atoms with van der Waals surface area (Å²) in [5.74, 6) is 0.305. The van der Waals surface area contributed by atoms with Crippen LogP contribution in [0.15, 0.2) is 28.3 Å². The van der Waals surface area contributed by atoms with Crippen molar-refractivity contribution < 1.29 is 4.79 Å². The Labute approximate surface area is 128 Å². The molecule has 0 saturated carbocycles. The van der Waals surface area contributed by atoms with Crippen molar-refractivity contribution in [1.29, 1.82) is 0 Å². The van der Waals surface area contributed by atoms with E-state index in [4.69, 9.17) is 0 Å². The second kappa shape index (κ2) is 6.10. The summed E-state index contributed by atoms with van der Waals surface area (Å²) in [6, 6.07) is 4.61. The van der Waals surface area contributed by atoms with E-state index in [0.717, 1.165) is 25.8 Å². The van der Waals surface area contributed by atoms with Crippen LogP contribution in [-0.2, 0) is 17.6 Å². The molecule has 2 aromatic rings. The molecule has 1 unspecified atom stereocenters. The SMILES string of the molecule is CCC1c2ccsc2CCN1C(=O)CCc1ccsc1. The van der Waals surface area contributed by atoms with Crippen molar-refractivity contribution in [3.8, 4) is 0 Å². The van der Waals surface area contributed by atoms with Crippen molar-refractivity contribution in [3.05, 3.63) is 44.3 Å². The number of thiophene rings is 2. The molecule has 0 spiro atoms. The lowest BCUT2D eigenvalue weighted by Crippen LogP contribution is -2.39. The van der Waals surface area contributed by atoms with E-state index in [-0.39, 0.29) is 0 Å². The molecule has 106 valence electrons. The van der Waals surface area contributed by atoms with Crippen molar-refractivity contribution in [3.63, 3.8) is 0 Å². The van der Waals surface area contributed by atoms with Crippen LogP contribution in [0.1, 0.15) is 41.8 Å². The van der Waals surface area contributed by atoms with Crippen LogP contribution in [0.2, 0.25) is 0 Å². The molecule has 1 amide bonds. The van der Waals surface area contributed by atoms with Gasteiger partial charge in [-0.2, -0.15) is 11.3 Å². The van der Waals surface area contributed by atoms with Gasteiger partial charge in [0.15, 0.2) is 0 Å². The van der Waals surface area contributed by atoms with E-state index in [2.05, 4.69) is 40.1 Å². The highest BCUT2D eigenvalue weighted by atomic mass is 32.1. The molecular weight excluding hydrogens is 286 g/mol. The Kier molecular flexibility index (Phi) is 4.22. The molecule has 0 radical (unpaired) electrons. The van der Waals surface area contributed by atoms with Crippen LogP contribution < -0.4 is 0 Å². The Hall–Kier alpha value is -1.13. The van der Waals surface area contributed by atoms with Gasteiger partial charge in [0.2, 0.25) is 5.91 Å². The summed E-state index contributed by atoms with van der Waals surface area (Å²) in [6.07, 6.45) is 3.53. The number of carbonyl (C=O) groups excluding carboxylic acids is 1. The molecule has 1 aliphatic rings. The molecule has 20 heavy (non-hydrogen) atoms. The molecular formula is C16H19NOS2. The Morgan fingerprint density at radius 2 is 2.30 bits per heavy atom. The first-order chi connectivity index (χ1) is 9.79. The fourth-order valence-corrected chi connectivity index (χ4v) is 4.60. The Morgan fingerprint density at radius 3 is 3.05 bits per heavy atom. The molecule has 0 aliphatic carbocycles. The number of hydrogen-bond acceptors (Lipinski definition) is 3. The maximum atomic E-state index is 12.5. The summed E-state index contributed by atoms with van der Waals surface area (Å²) in [7, 11) is 0. The number of hydrogen-bond donors (Lipinski definition) is 0. The molecule has 2 nitrogen and oxygen atoms in total. The highest BCUT2D eigenvalue weighted by molar-refractivity contribution is 7.10. The summed E-state index contributed by atoms with van der Waals surface area (Å²) in [5.41, 5.74) is 2.66. The third-order valence-corrected chi connectivity index (χ3v) is 5.74. The summed E-state index contributed by atoms with van der Waals surface area (Å²) in [4.78, 5) is 16.1. The number of fused-ring (bicyclic) bond motifs is 1. The first-order valence-electron chi connectivity index (χ1n) is 7.16. The maximum Gasteiger partial charge on any atom is 0.223 e. The van der Waals surface area contributed by atoms with Crippen molar-refractivity contribution in [2.45, 2.75) is 38.6 Å². The molecule has 0 N–H and O–H groups in total. The van der Waals surface area contributed by atoms with Crippen LogP contribution in [-0.4, -0.2) is 17.4 Å². The topological polar surface area (TPSA) is 20.3 Å². The molecule has 3 rings (SSSR count). The van der Waals surface area contributed by atoms with Gasteiger partial charge in [-0.3, -0.25) is 4.79 Å². The van der Waals surface area contributed by atoms with Gasteiger partial charge in [0.05, 0.1) is 6.04 Å². The van der Waals surface area contributed by atoms with E-state index in [9.17, 15) is 4.79 Å². The Morgan fingerprint density at radius 1 is 1.40 bits per heavy atom. The summed E-state index contributed by atoms with van der Waals surface area (Å²) in [6.45, 7) is 3.06. The van der Waals surface area contributed by atoms with Crippen molar-refractivity contribution >= 4 is 28.6 Å². The first kappa shape index (κ1) is 13.8. The van der Waals surface area contributed by atoms with E-state index < -0.39 is 0 Å². The number of rotatable bonds is 4. The smallest absolute Gasteiger partial charge is 0.223 e. The maximum absolute atomic E-state index is 12.5. The third kappa shape index (κ3) is 2.67. The molecule has 1 aliphatic heterocycles. The van der Waals surface area contributed by atoms with Crippen LogP contribution in [0.25, 0.3) is 0 Å². The number of nitrogens with zero attached hydrogens (tertiary/aromatic N) is 1. The van der Waals surface area contributed by atoms with E-state index in [1.165, 1.54) is 16.0 Å². The van der Waals surface area contributed by atoms with Gasteiger partial charge >= 0.3 is 0 Å². The fraction of sp³-hybridized carbons (Fsp3) is 0.438. The van der Waals surface area contributed by atoms with Gasteiger partial charge in [0.25, 0.3) is 0 Å². The lowest BCUT2D eigenvalue weighted by Gasteiger charge is -2.35. The third-order valence-electron chi connectivity index (χ3n) is 4.01. The molecule has 3 heterocycles. The fourth-order valence-electron chi connectivity index (χ4n) is 2.96. The first-order valence-corrected chi connectivity index (χ1v) is 8.98. The lowest BCUT2D eigenvalue weighted by molar-refractivity contribution is -0.134. The Bertz CT molecular complexity index is 573. The number of carbonyl (C=O) groups is 1. The predicted octanol–water partition coefficient (Wildman–Crippen LogP) is 4.28. The standard InChI is InChI=1S/C16H19NOS2/c1-2-14-13-7-10-20-15(13)5-8-17(14)16(18)4-3-12-6-9-19-11-12/h6-7,9-11,14H,2-5,8H2,1H3. The molecule has 1 atom stereocenters. The average molecular weight is 305 g/mol. The van der Waals surface area contributed by atoms with Gasteiger partial charge in [0.1, 0.15) is 0 Å². The molecule has 0 bridgehead atoms. The van der Waals surface area contributed by atoms with Crippen molar-refractivity contribution in [2.24, 2.45) is 0 Å². The second-order valence-electron chi connectivity index (χ2n) is 5.19. The van der Waals surface area contributed by atoms with E-state index >= 15 is 0 Å². The lowest BCUT2D eigenvalue weighted by atomic mass is 9.97. The Balaban J connectivity index is 1.68. The van der Waals surface area contributed by atoms with E-state index in [1.807, 2.05) is 11.3 Å². The van der Waals surface area contributed by atoms with Gasteiger partial charge in [0, 0.05) is 17.8 Å². The second-order valence-corrected chi connectivity index (χ2v) is 6.97. The zero-order chi connectivity index (χ0) is 13.9. The predicted molar refractivity (Wildman–Crippen MR) is 85.4 cm³/mol. The minimum atomic E-state index is 0.292. The van der Waals surface area contributed by atoms with Crippen molar-refractivity contribution in [1.82, 2.24) is 4.90 Å². The monoisotopic (exact) mass is 305 g/mol. The van der Waals surface area contributed by atoms with Crippen LogP contribution in [0.4, 0.5) is 0 Å². The quantitative estimate of drug-likeness (QED) is 0.825.